The van der Waals surface area contributed by atoms with Crippen LogP contribution in [-0.2, 0) is 19.3 Å². The van der Waals surface area contributed by atoms with Crippen molar-refractivity contribution in [3.63, 3.8) is 0 Å². The van der Waals surface area contributed by atoms with Crippen molar-refractivity contribution in [1.82, 2.24) is 10.2 Å². The molecule has 0 unspecified atom stereocenters. The second kappa shape index (κ2) is 8.60. The van der Waals surface area contributed by atoms with E-state index in [0.29, 0.717) is 18.7 Å². The zero-order valence-corrected chi connectivity index (χ0v) is 14.6. The number of ether oxygens (including phenoxy) is 1. The van der Waals surface area contributed by atoms with Crippen LogP contribution in [0, 0.1) is 0 Å². The summed E-state index contributed by atoms with van der Waals surface area (Å²) in [5, 5.41) is 2.62. The molecule has 0 aliphatic carbocycles. The van der Waals surface area contributed by atoms with Crippen LogP contribution in [0.5, 0.6) is 5.75 Å². The molecule has 26 heavy (non-hydrogen) atoms. The molecule has 2 amide bonds. The van der Waals surface area contributed by atoms with Crippen molar-refractivity contribution >= 4 is 6.03 Å². The van der Waals surface area contributed by atoms with E-state index >= 15 is 0 Å². The number of nitrogens with zero attached hydrogens (tertiary/aromatic N) is 1. The molecule has 0 aromatic heterocycles. The third kappa shape index (κ3) is 5.68. The van der Waals surface area contributed by atoms with E-state index in [2.05, 4.69) is 5.32 Å². The first-order valence-corrected chi connectivity index (χ1v) is 8.16. The molecule has 1 N–H and O–H groups in total. The lowest BCUT2D eigenvalue weighted by Gasteiger charge is -2.18. The molecular formula is C19H21F3N2O2. The van der Waals surface area contributed by atoms with Crippen molar-refractivity contribution in [1.29, 1.82) is 0 Å². The Kier molecular flexibility index (Phi) is 6.49. The number of benzene rings is 2. The Morgan fingerprint density at radius 3 is 2.42 bits per heavy atom. The van der Waals surface area contributed by atoms with Gasteiger partial charge in [-0.2, -0.15) is 13.2 Å². The van der Waals surface area contributed by atoms with Gasteiger partial charge in [-0.25, -0.2) is 4.79 Å². The number of nitrogens with one attached hydrogen (secondary N) is 1. The van der Waals surface area contributed by atoms with E-state index in [9.17, 15) is 18.0 Å². The molecule has 0 bridgehead atoms. The number of carbonyl (C=O) groups is 1. The van der Waals surface area contributed by atoms with E-state index in [-0.39, 0.29) is 12.6 Å². The highest BCUT2D eigenvalue weighted by atomic mass is 19.4. The fourth-order valence-electron chi connectivity index (χ4n) is 2.37. The predicted octanol–water partition coefficient (Wildman–Crippen LogP) is 4.45. The third-order valence-electron chi connectivity index (χ3n) is 3.70. The monoisotopic (exact) mass is 366 g/mol. The minimum atomic E-state index is -4.40. The highest BCUT2D eigenvalue weighted by Crippen LogP contribution is 2.29. The number of hydrogen-bond donors (Lipinski definition) is 1. The Hall–Kier alpha value is -2.70. The lowest BCUT2D eigenvalue weighted by Crippen LogP contribution is -2.36. The summed E-state index contributed by atoms with van der Waals surface area (Å²) in [5.41, 5.74) is 0.583. The molecule has 0 heterocycles. The van der Waals surface area contributed by atoms with Crippen LogP contribution in [0.1, 0.15) is 23.6 Å². The number of alkyl halides is 3. The summed E-state index contributed by atoms with van der Waals surface area (Å²) in [6.07, 6.45) is -4.40. The van der Waals surface area contributed by atoms with Crippen LogP contribution in [-0.4, -0.2) is 24.6 Å². The molecule has 2 aromatic carbocycles. The van der Waals surface area contributed by atoms with E-state index in [1.165, 1.54) is 11.0 Å². The van der Waals surface area contributed by atoms with Crippen LogP contribution in [0.25, 0.3) is 0 Å². The average Bonchev–Trinajstić information content (AvgIpc) is 2.61. The first-order valence-electron chi connectivity index (χ1n) is 8.16. The van der Waals surface area contributed by atoms with Gasteiger partial charge in [0.05, 0.1) is 12.2 Å². The summed E-state index contributed by atoms with van der Waals surface area (Å²) >= 11 is 0. The fourth-order valence-corrected chi connectivity index (χ4v) is 2.37. The SMILES string of the molecule is CCOc1ccc(CN(C)C(=O)NCc2cccc(C(F)(F)F)c2)cc1. The molecule has 4 nitrogen and oxygen atoms in total. The van der Waals surface area contributed by atoms with Gasteiger partial charge in [0, 0.05) is 20.1 Å². The summed E-state index contributed by atoms with van der Waals surface area (Å²) in [4.78, 5) is 13.6. The van der Waals surface area contributed by atoms with Gasteiger partial charge >= 0.3 is 12.2 Å². The van der Waals surface area contributed by atoms with Gasteiger partial charge in [0.1, 0.15) is 5.75 Å². The zero-order chi connectivity index (χ0) is 19.2. The normalized spacial score (nSPS) is 11.1. The van der Waals surface area contributed by atoms with Crippen molar-refractivity contribution in [2.45, 2.75) is 26.2 Å². The second-order valence-electron chi connectivity index (χ2n) is 5.79. The van der Waals surface area contributed by atoms with Crippen LogP contribution in [0.4, 0.5) is 18.0 Å². The Morgan fingerprint density at radius 1 is 1.12 bits per heavy atom. The lowest BCUT2D eigenvalue weighted by molar-refractivity contribution is -0.137. The van der Waals surface area contributed by atoms with Gasteiger partial charge in [0.2, 0.25) is 0 Å². The van der Waals surface area contributed by atoms with Gasteiger partial charge in [-0.3, -0.25) is 0 Å². The van der Waals surface area contributed by atoms with Crippen molar-refractivity contribution in [2.24, 2.45) is 0 Å². The van der Waals surface area contributed by atoms with E-state index in [4.69, 9.17) is 4.74 Å². The molecule has 140 valence electrons. The molecule has 0 radical (unpaired) electrons. The van der Waals surface area contributed by atoms with Crippen molar-refractivity contribution in [2.75, 3.05) is 13.7 Å². The maximum absolute atomic E-state index is 12.7. The van der Waals surface area contributed by atoms with Crippen molar-refractivity contribution in [3.8, 4) is 5.75 Å². The Bertz CT molecular complexity index is 730. The Morgan fingerprint density at radius 2 is 1.81 bits per heavy atom. The molecular weight excluding hydrogens is 345 g/mol. The maximum Gasteiger partial charge on any atom is 0.416 e. The number of rotatable bonds is 6. The minimum Gasteiger partial charge on any atom is -0.494 e. The molecule has 0 saturated heterocycles. The third-order valence-corrected chi connectivity index (χ3v) is 3.70. The number of hydrogen-bond acceptors (Lipinski definition) is 2. The lowest BCUT2D eigenvalue weighted by atomic mass is 10.1. The largest absolute Gasteiger partial charge is 0.494 e. The van der Waals surface area contributed by atoms with Gasteiger partial charge < -0.3 is 15.0 Å². The quantitative estimate of drug-likeness (QED) is 0.821. The number of carbonyl (C=O) groups excluding carboxylic acids is 1. The summed E-state index contributed by atoms with van der Waals surface area (Å²) < 4.78 is 43.5. The van der Waals surface area contributed by atoms with Crippen LogP contribution in [0.3, 0.4) is 0 Å². The molecule has 0 aliphatic heterocycles. The highest BCUT2D eigenvalue weighted by molar-refractivity contribution is 5.73. The number of halogens is 3. The summed E-state index contributed by atoms with van der Waals surface area (Å²) in [6.45, 7) is 2.88. The molecule has 0 atom stereocenters. The highest BCUT2D eigenvalue weighted by Gasteiger charge is 2.30. The van der Waals surface area contributed by atoms with E-state index < -0.39 is 11.7 Å². The Labute approximate surface area is 150 Å². The van der Waals surface area contributed by atoms with Gasteiger partial charge in [0.15, 0.2) is 0 Å². The molecule has 2 aromatic rings. The summed E-state index contributed by atoms with van der Waals surface area (Å²) in [6, 6.07) is 11.9. The van der Waals surface area contributed by atoms with Crippen molar-refractivity contribution in [3.05, 3.63) is 65.2 Å². The summed E-state index contributed by atoms with van der Waals surface area (Å²) in [5.74, 6) is 0.757. The van der Waals surface area contributed by atoms with Gasteiger partial charge in [-0.15, -0.1) is 0 Å². The smallest absolute Gasteiger partial charge is 0.416 e. The first-order chi connectivity index (χ1) is 12.3. The standard InChI is InChI=1S/C19H21F3N2O2/c1-3-26-17-9-7-14(8-10-17)13-24(2)18(25)23-12-15-5-4-6-16(11-15)19(20,21)22/h4-11H,3,12-13H2,1-2H3,(H,23,25). The van der Waals surface area contributed by atoms with Crippen LogP contribution in [0.15, 0.2) is 48.5 Å². The summed E-state index contributed by atoms with van der Waals surface area (Å²) in [7, 11) is 1.62. The van der Waals surface area contributed by atoms with Gasteiger partial charge in [-0.1, -0.05) is 24.3 Å². The molecule has 0 fully saturated rings. The number of urea groups is 1. The van der Waals surface area contributed by atoms with Crippen LogP contribution >= 0.6 is 0 Å². The van der Waals surface area contributed by atoms with E-state index in [0.717, 1.165) is 23.4 Å². The predicted molar refractivity (Wildman–Crippen MR) is 92.8 cm³/mol. The first kappa shape index (κ1) is 19.6. The molecule has 0 aliphatic rings. The maximum atomic E-state index is 12.7. The van der Waals surface area contributed by atoms with E-state index in [1.54, 1.807) is 13.1 Å². The van der Waals surface area contributed by atoms with Crippen LogP contribution < -0.4 is 10.1 Å². The minimum absolute atomic E-state index is 0.0242. The Balaban J connectivity index is 1.89. The van der Waals surface area contributed by atoms with Gasteiger partial charge in [-0.05, 0) is 42.3 Å². The average molecular weight is 366 g/mol. The topological polar surface area (TPSA) is 41.6 Å². The second-order valence-corrected chi connectivity index (χ2v) is 5.79. The van der Waals surface area contributed by atoms with Crippen molar-refractivity contribution < 1.29 is 22.7 Å². The molecule has 0 saturated carbocycles. The molecule has 0 spiro atoms. The van der Waals surface area contributed by atoms with Gasteiger partial charge in [0.25, 0.3) is 0 Å². The van der Waals surface area contributed by atoms with E-state index in [1.807, 2.05) is 31.2 Å². The zero-order valence-electron chi connectivity index (χ0n) is 14.6. The molecule has 2 rings (SSSR count). The fraction of sp³-hybridized carbons (Fsp3) is 0.316. The van der Waals surface area contributed by atoms with Crippen LogP contribution in [0.2, 0.25) is 0 Å². The number of amides is 2. The molecule has 7 heteroatoms.